The van der Waals surface area contributed by atoms with Crippen LogP contribution in [0.25, 0.3) is 0 Å². The number of carbonyl (C=O) groups is 2. The van der Waals surface area contributed by atoms with E-state index in [0.717, 1.165) is 16.2 Å². The predicted molar refractivity (Wildman–Crippen MR) is 43.6 cm³/mol. The Bertz CT molecular complexity index is 323. The van der Waals surface area contributed by atoms with Crippen molar-refractivity contribution < 1.29 is 14.7 Å². The molecule has 5 heteroatoms. The van der Waals surface area contributed by atoms with Crippen molar-refractivity contribution >= 4 is 23.1 Å². The van der Waals surface area contributed by atoms with Gasteiger partial charge in [0.15, 0.2) is 5.01 Å². The minimum Gasteiger partial charge on any atom is -0.475 e. The van der Waals surface area contributed by atoms with Gasteiger partial charge in [-0.3, -0.25) is 4.79 Å². The Labute approximate surface area is 72.9 Å². The van der Waals surface area contributed by atoms with Crippen LogP contribution in [0.2, 0.25) is 0 Å². The average Bonchev–Trinajstić information content (AvgIpc) is 2.30. The molecule has 0 fully saturated rings. The van der Waals surface area contributed by atoms with Crippen LogP contribution in [-0.2, 0) is 4.79 Å². The summed E-state index contributed by atoms with van der Waals surface area (Å²) < 4.78 is 0. The number of carbonyl (C=O) groups excluding carboxylic acids is 1. The molecule has 12 heavy (non-hydrogen) atoms. The van der Waals surface area contributed by atoms with E-state index in [4.69, 9.17) is 5.11 Å². The van der Waals surface area contributed by atoms with Gasteiger partial charge in [0.05, 0.1) is 5.69 Å². The molecule has 0 spiro atoms. The van der Waals surface area contributed by atoms with Crippen LogP contribution in [0.15, 0.2) is 0 Å². The number of aromatic nitrogens is 1. The first-order chi connectivity index (χ1) is 5.52. The molecular weight excluding hydrogens is 178 g/mol. The lowest BCUT2D eigenvalue weighted by Crippen LogP contribution is -2.12. The van der Waals surface area contributed by atoms with E-state index >= 15 is 0 Å². The fourth-order valence-corrected chi connectivity index (χ4v) is 1.51. The predicted octanol–water partition coefficient (Wildman–Crippen LogP) is 1.03. The molecule has 4 nitrogen and oxygen atoms in total. The summed E-state index contributed by atoms with van der Waals surface area (Å²) in [6.45, 7) is 3.54. The van der Waals surface area contributed by atoms with E-state index in [1.54, 1.807) is 13.8 Å². The molecule has 0 atom stereocenters. The molecule has 1 aromatic heterocycles. The molecule has 0 saturated carbocycles. The topological polar surface area (TPSA) is 67.3 Å². The molecule has 0 unspecified atom stereocenters. The summed E-state index contributed by atoms with van der Waals surface area (Å²) in [7, 11) is 0. The number of Topliss-reactive ketones (excluding diaryl/α,β-unsaturated/α-hetero) is 1. The SMILES string of the molecule is Cc1nc(C(=O)C(=O)O)sc1C. The maximum atomic E-state index is 10.9. The maximum Gasteiger partial charge on any atom is 0.379 e. The van der Waals surface area contributed by atoms with Gasteiger partial charge in [-0.05, 0) is 13.8 Å². The van der Waals surface area contributed by atoms with E-state index in [1.807, 2.05) is 0 Å². The van der Waals surface area contributed by atoms with E-state index < -0.39 is 11.8 Å². The number of carboxylic acids is 1. The summed E-state index contributed by atoms with van der Waals surface area (Å²) in [5, 5.41) is 8.41. The Hall–Kier alpha value is -1.23. The van der Waals surface area contributed by atoms with Gasteiger partial charge in [-0.1, -0.05) is 0 Å². The number of nitrogens with zero attached hydrogens (tertiary/aromatic N) is 1. The molecule has 0 amide bonds. The molecule has 0 aliphatic rings. The van der Waals surface area contributed by atoms with Crippen LogP contribution in [0.4, 0.5) is 0 Å². The van der Waals surface area contributed by atoms with Crippen LogP contribution in [0.5, 0.6) is 0 Å². The second-order valence-electron chi connectivity index (χ2n) is 2.29. The maximum absolute atomic E-state index is 10.9. The highest BCUT2D eigenvalue weighted by atomic mass is 32.1. The molecule has 1 N–H and O–H groups in total. The number of hydrogen-bond acceptors (Lipinski definition) is 4. The Balaban J connectivity index is 3.05. The zero-order valence-corrected chi connectivity index (χ0v) is 7.44. The van der Waals surface area contributed by atoms with Crippen LogP contribution in [-0.4, -0.2) is 21.8 Å². The first-order valence-corrected chi connectivity index (χ1v) is 4.05. The third kappa shape index (κ3) is 1.50. The third-order valence-electron chi connectivity index (χ3n) is 1.42. The van der Waals surface area contributed by atoms with Gasteiger partial charge in [-0.2, -0.15) is 0 Å². The largest absolute Gasteiger partial charge is 0.475 e. The summed E-state index contributed by atoms with van der Waals surface area (Å²) in [5.74, 6) is -2.39. The van der Waals surface area contributed by atoms with Crippen LogP contribution < -0.4 is 0 Å². The van der Waals surface area contributed by atoms with Gasteiger partial charge in [-0.15, -0.1) is 11.3 Å². The minimum absolute atomic E-state index is 0.0532. The van der Waals surface area contributed by atoms with Crippen molar-refractivity contribution in [2.45, 2.75) is 13.8 Å². The van der Waals surface area contributed by atoms with Gasteiger partial charge in [0, 0.05) is 4.88 Å². The van der Waals surface area contributed by atoms with Crippen LogP contribution in [0, 0.1) is 13.8 Å². The average molecular weight is 185 g/mol. The Morgan fingerprint density at radius 2 is 2.00 bits per heavy atom. The second kappa shape index (κ2) is 3.02. The van der Waals surface area contributed by atoms with E-state index in [0.29, 0.717) is 5.69 Å². The second-order valence-corrected chi connectivity index (χ2v) is 3.50. The molecule has 1 heterocycles. The molecule has 0 saturated heterocycles. The van der Waals surface area contributed by atoms with E-state index in [9.17, 15) is 9.59 Å². The quantitative estimate of drug-likeness (QED) is 0.552. The molecule has 1 aromatic rings. The van der Waals surface area contributed by atoms with Crippen molar-refractivity contribution in [1.29, 1.82) is 0 Å². The van der Waals surface area contributed by atoms with Gasteiger partial charge in [0.1, 0.15) is 0 Å². The molecule has 0 aliphatic carbocycles. The highest BCUT2D eigenvalue weighted by Crippen LogP contribution is 2.16. The third-order valence-corrected chi connectivity index (χ3v) is 2.49. The summed E-state index contributed by atoms with van der Waals surface area (Å²) in [5.41, 5.74) is 0.713. The number of rotatable bonds is 2. The molecule has 1 rings (SSSR count). The lowest BCUT2D eigenvalue weighted by atomic mass is 10.4. The van der Waals surface area contributed by atoms with Crippen molar-refractivity contribution in [3.05, 3.63) is 15.6 Å². The number of hydrogen-bond donors (Lipinski definition) is 1. The zero-order chi connectivity index (χ0) is 9.30. The summed E-state index contributed by atoms with van der Waals surface area (Å²) in [6.07, 6.45) is 0. The number of carboxylic acid groups (broad SMARTS) is 1. The standard InChI is InChI=1S/C7H7NO3S/c1-3-4(2)12-6(8-3)5(9)7(10)11/h1-2H3,(H,10,11). The lowest BCUT2D eigenvalue weighted by Gasteiger charge is -1.84. The minimum atomic E-state index is -1.45. The molecule has 0 aromatic carbocycles. The molecule has 64 valence electrons. The van der Waals surface area contributed by atoms with Crippen LogP contribution in [0.3, 0.4) is 0 Å². The van der Waals surface area contributed by atoms with Crippen LogP contribution >= 0.6 is 11.3 Å². The fraction of sp³-hybridized carbons (Fsp3) is 0.286. The fourth-order valence-electron chi connectivity index (χ4n) is 0.661. The lowest BCUT2D eigenvalue weighted by molar-refractivity contribution is -0.131. The van der Waals surface area contributed by atoms with Crippen molar-refractivity contribution in [3.8, 4) is 0 Å². The van der Waals surface area contributed by atoms with Crippen molar-refractivity contribution in [2.24, 2.45) is 0 Å². The molecule has 0 bridgehead atoms. The van der Waals surface area contributed by atoms with Crippen molar-refractivity contribution in [3.63, 3.8) is 0 Å². The monoisotopic (exact) mass is 185 g/mol. The summed E-state index contributed by atoms with van der Waals surface area (Å²) in [6, 6.07) is 0. The Morgan fingerprint density at radius 1 is 1.42 bits per heavy atom. The highest BCUT2D eigenvalue weighted by molar-refractivity contribution is 7.14. The Morgan fingerprint density at radius 3 is 2.33 bits per heavy atom. The summed E-state index contributed by atoms with van der Waals surface area (Å²) >= 11 is 1.11. The van der Waals surface area contributed by atoms with Gasteiger partial charge in [0.25, 0.3) is 5.78 Å². The van der Waals surface area contributed by atoms with Gasteiger partial charge >= 0.3 is 5.97 Å². The van der Waals surface area contributed by atoms with E-state index in [-0.39, 0.29) is 5.01 Å². The molecule has 0 radical (unpaired) electrons. The van der Waals surface area contributed by atoms with E-state index in [1.165, 1.54) is 0 Å². The zero-order valence-electron chi connectivity index (χ0n) is 6.62. The Kier molecular flexibility index (Phi) is 2.23. The summed E-state index contributed by atoms with van der Waals surface area (Å²) in [4.78, 5) is 25.8. The van der Waals surface area contributed by atoms with Crippen molar-refractivity contribution in [1.82, 2.24) is 4.98 Å². The van der Waals surface area contributed by atoms with Gasteiger partial charge in [-0.25, -0.2) is 9.78 Å². The highest BCUT2D eigenvalue weighted by Gasteiger charge is 2.19. The number of thiazole rings is 1. The normalized spacial score (nSPS) is 9.83. The van der Waals surface area contributed by atoms with E-state index in [2.05, 4.69) is 4.98 Å². The number of aryl methyl sites for hydroxylation is 2. The number of aliphatic carboxylic acids is 1. The number of ketones is 1. The molecular formula is C7H7NO3S. The smallest absolute Gasteiger partial charge is 0.379 e. The van der Waals surface area contributed by atoms with Gasteiger partial charge < -0.3 is 5.11 Å². The molecule has 0 aliphatic heterocycles. The van der Waals surface area contributed by atoms with Crippen molar-refractivity contribution in [2.75, 3.05) is 0 Å². The first-order valence-electron chi connectivity index (χ1n) is 3.24. The van der Waals surface area contributed by atoms with Crippen LogP contribution in [0.1, 0.15) is 20.4 Å². The van der Waals surface area contributed by atoms with Gasteiger partial charge in [0.2, 0.25) is 0 Å². The first kappa shape index (κ1) is 8.86.